The van der Waals surface area contributed by atoms with E-state index in [1.807, 2.05) is 44.2 Å². The van der Waals surface area contributed by atoms with Crippen molar-refractivity contribution in [3.8, 4) is 0 Å². The van der Waals surface area contributed by atoms with E-state index in [2.05, 4.69) is 5.43 Å². The number of para-hydroxylation sites is 1. The molecule has 0 radical (unpaired) electrons. The molecule has 98 valence electrons. The van der Waals surface area contributed by atoms with Crippen molar-refractivity contribution in [2.75, 3.05) is 0 Å². The molecule has 4 nitrogen and oxygen atoms in total. The Labute approximate surface area is 111 Å². The zero-order valence-electron chi connectivity index (χ0n) is 10.9. The predicted molar refractivity (Wildman–Crippen MR) is 73.6 cm³/mol. The Balaban J connectivity index is 2.09. The van der Waals surface area contributed by atoms with Gasteiger partial charge in [0.1, 0.15) is 23.1 Å². The third-order valence-electron chi connectivity index (χ3n) is 3.30. The van der Waals surface area contributed by atoms with Gasteiger partial charge in [-0.25, -0.2) is 5.43 Å². The standard InChI is InChI=1S/C15H16N2O2/c1-9-4-3-5-11-7-13(19-15(9)11)14(17-16)12-6-10(2)18-8-12/h3-8,14,17H,16H2,1-2H3. The van der Waals surface area contributed by atoms with Crippen LogP contribution in [0.1, 0.15) is 28.7 Å². The monoisotopic (exact) mass is 256 g/mol. The molecule has 1 unspecified atom stereocenters. The lowest BCUT2D eigenvalue weighted by Crippen LogP contribution is -2.28. The molecule has 1 aromatic carbocycles. The molecule has 4 heteroatoms. The molecule has 0 aliphatic carbocycles. The van der Waals surface area contributed by atoms with Gasteiger partial charge in [0, 0.05) is 10.9 Å². The minimum absolute atomic E-state index is 0.204. The minimum atomic E-state index is -0.204. The lowest BCUT2D eigenvalue weighted by atomic mass is 10.1. The summed E-state index contributed by atoms with van der Waals surface area (Å²) in [7, 11) is 0. The Morgan fingerprint density at radius 2 is 2.05 bits per heavy atom. The first-order chi connectivity index (χ1) is 9.19. The summed E-state index contributed by atoms with van der Waals surface area (Å²) < 4.78 is 11.3. The van der Waals surface area contributed by atoms with E-state index in [4.69, 9.17) is 14.7 Å². The largest absolute Gasteiger partial charge is 0.469 e. The number of fused-ring (bicyclic) bond motifs is 1. The van der Waals surface area contributed by atoms with Crippen LogP contribution in [0.5, 0.6) is 0 Å². The molecular formula is C15H16N2O2. The van der Waals surface area contributed by atoms with Crippen LogP contribution in [-0.4, -0.2) is 0 Å². The summed E-state index contributed by atoms with van der Waals surface area (Å²) in [5.41, 5.74) is 5.74. The summed E-state index contributed by atoms with van der Waals surface area (Å²) in [5.74, 6) is 7.29. The molecule has 0 bridgehead atoms. The summed E-state index contributed by atoms with van der Waals surface area (Å²) in [6.07, 6.45) is 1.69. The molecule has 0 saturated carbocycles. The van der Waals surface area contributed by atoms with Crippen molar-refractivity contribution in [2.24, 2.45) is 5.84 Å². The van der Waals surface area contributed by atoms with Crippen molar-refractivity contribution in [2.45, 2.75) is 19.9 Å². The Morgan fingerprint density at radius 3 is 2.68 bits per heavy atom. The molecule has 0 saturated heterocycles. The average molecular weight is 256 g/mol. The van der Waals surface area contributed by atoms with E-state index < -0.39 is 0 Å². The average Bonchev–Trinajstić information content (AvgIpc) is 2.98. The van der Waals surface area contributed by atoms with Crippen LogP contribution in [0.3, 0.4) is 0 Å². The highest BCUT2D eigenvalue weighted by atomic mass is 16.3. The zero-order chi connectivity index (χ0) is 13.4. The number of nitrogens with two attached hydrogens (primary N) is 1. The molecule has 2 heterocycles. The van der Waals surface area contributed by atoms with Gasteiger partial charge in [0.15, 0.2) is 0 Å². The van der Waals surface area contributed by atoms with E-state index in [0.717, 1.165) is 33.6 Å². The van der Waals surface area contributed by atoms with Gasteiger partial charge >= 0.3 is 0 Å². The van der Waals surface area contributed by atoms with Crippen molar-refractivity contribution in [3.63, 3.8) is 0 Å². The molecule has 3 aromatic rings. The topological polar surface area (TPSA) is 64.3 Å². The van der Waals surface area contributed by atoms with E-state index in [1.54, 1.807) is 6.26 Å². The summed E-state index contributed by atoms with van der Waals surface area (Å²) in [6.45, 7) is 3.93. The summed E-state index contributed by atoms with van der Waals surface area (Å²) in [6, 6.07) is 9.83. The second-order valence-electron chi connectivity index (χ2n) is 4.73. The van der Waals surface area contributed by atoms with Crippen molar-refractivity contribution >= 4 is 11.0 Å². The van der Waals surface area contributed by atoms with Gasteiger partial charge < -0.3 is 8.83 Å². The summed E-state index contributed by atoms with van der Waals surface area (Å²) in [4.78, 5) is 0. The van der Waals surface area contributed by atoms with Crippen LogP contribution in [0.25, 0.3) is 11.0 Å². The molecule has 0 amide bonds. The van der Waals surface area contributed by atoms with E-state index in [1.165, 1.54) is 0 Å². The lowest BCUT2D eigenvalue weighted by molar-refractivity contribution is 0.469. The molecule has 1 atom stereocenters. The predicted octanol–water partition coefficient (Wildman–Crippen LogP) is 3.20. The molecular weight excluding hydrogens is 240 g/mol. The number of rotatable bonds is 3. The molecule has 2 aromatic heterocycles. The smallest absolute Gasteiger partial charge is 0.137 e. The number of hydrogen-bond acceptors (Lipinski definition) is 4. The van der Waals surface area contributed by atoms with Crippen molar-refractivity contribution in [3.05, 3.63) is 59.2 Å². The highest BCUT2D eigenvalue weighted by Crippen LogP contribution is 2.30. The third kappa shape index (κ3) is 2.05. The number of aryl methyl sites for hydroxylation is 2. The van der Waals surface area contributed by atoms with Crippen molar-refractivity contribution < 1.29 is 8.83 Å². The van der Waals surface area contributed by atoms with E-state index in [-0.39, 0.29) is 6.04 Å². The van der Waals surface area contributed by atoms with Gasteiger partial charge in [-0.2, -0.15) is 0 Å². The van der Waals surface area contributed by atoms with Crippen LogP contribution in [-0.2, 0) is 0 Å². The Morgan fingerprint density at radius 1 is 1.21 bits per heavy atom. The van der Waals surface area contributed by atoms with Gasteiger partial charge in [0.25, 0.3) is 0 Å². The number of nitrogens with one attached hydrogen (secondary N) is 1. The molecule has 3 rings (SSSR count). The molecule has 0 fully saturated rings. The molecule has 0 aliphatic heterocycles. The maximum atomic E-state index is 5.93. The maximum absolute atomic E-state index is 5.93. The third-order valence-corrected chi connectivity index (χ3v) is 3.30. The van der Waals surface area contributed by atoms with Gasteiger partial charge in [0.05, 0.1) is 6.26 Å². The fourth-order valence-electron chi connectivity index (χ4n) is 2.33. The van der Waals surface area contributed by atoms with Crippen LogP contribution >= 0.6 is 0 Å². The summed E-state index contributed by atoms with van der Waals surface area (Å²) in [5, 5.41) is 1.08. The number of hydrogen-bond donors (Lipinski definition) is 2. The fraction of sp³-hybridized carbons (Fsp3) is 0.200. The second-order valence-corrected chi connectivity index (χ2v) is 4.73. The number of hydrazine groups is 1. The normalized spacial score (nSPS) is 13.0. The Bertz CT molecular complexity index is 712. The van der Waals surface area contributed by atoms with Gasteiger partial charge in [-0.15, -0.1) is 0 Å². The summed E-state index contributed by atoms with van der Waals surface area (Å²) >= 11 is 0. The van der Waals surface area contributed by atoms with Crippen molar-refractivity contribution in [1.29, 1.82) is 0 Å². The van der Waals surface area contributed by atoms with Crippen molar-refractivity contribution in [1.82, 2.24) is 5.43 Å². The fourth-order valence-corrected chi connectivity index (χ4v) is 2.33. The highest BCUT2D eigenvalue weighted by Gasteiger charge is 2.19. The first kappa shape index (κ1) is 12.0. The van der Waals surface area contributed by atoms with E-state index in [9.17, 15) is 0 Å². The first-order valence-electron chi connectivity index (χ1n) is 6.19. The van der Waals surface area contributed by atoms with Gasteiger partial charge in [-0.3, -0.25) is 5.84 Å². The SMILES string of the molecule is Cc1cc(C(NN)c2cc3cccc(C)c3o2)co1. The van der Waals surface area contributed by atoms with Gasteiger partial charge in [0.2, 0.25) is 0 Å². The Hall–Kier alpha value is -2.04. The van der Waals surface area contributed by atoms with E-state index >= 15 is 0 Å². The molecule has 19 heavy (non-hydrogen) atoms. The second kappa shape index (κ2) is 4.57. The highest BCUT2D eigenvalue weighted by molar-refractivity contribution is 5.81. The minimum Gasteiger partial charge on any atom is -0.469 e. The van der Waals surface area contributed by atoms with Crippen LogP contribution in [0.4, 0.5) is 0 Å². The van der Waals surface area contributed by atoms with Crippen LogP contribution in [0, 0.1) is 13.8 Å². The van der Waals surface area contributed by atoms with Crippen LogP contribution in [0.2, 0.25) is 0 Å². The van der Waals surface area contributed by atoms with Crippen LogP contribution in [0.15, 0.2) is 45.4 Å². The Kier molecular flexibility index (Phi) is 2.89. The van der Waals surface area contributed by atoms with Crippen LogP contribution < -0.4 is 11.3 Å². The van der Waals surface area contributed by atoms with E-state index in [0.29, 0.717) is 0 Å². The van der Waals surface area contributed by atoms with Gasteiger partial charge in [-0.1, -0.05) is 18.2 Å². The number of benzene rings is 1. The number of furan rings is 2. The first-order valence-corrected chi connectivity index (χ1v) is 6.19. The quantitative estimate of drug-likeness (QED) is 0.558. The van der Waals surface area contributed by atoms with Gasteiger partial charge in [-0.05, 0) is 31.5 Å². The lowest BCUT2D eigenvalue weighted by Gasteiger charge is -2.10. The zero-order valence-corrected chi connectivity index (χ0v) is 10.9. The maximum Gasteiger partial charge on any atom is 0.137 e. The molecule has 3 N–H and O–H groups in total. The molecule has 0 aliphatic rings. The molecule has 0 spiro atoms.